The molecule has 0 bridgehead atoms. The van der Waals surface area contributed by atoms with Crippen molar-refractivity contribution < 1.29 is 17.2 Å². The summed E-state index contributed by atoms with van der Waals surface area (Å²) < 4.78 is 50.5. The van der Waals surface area contributed by atoms with Crippen molar-refractivity contribution in [2.75, 3.05) is 18.0 Å². The summed E-state index contributed by atoms with van der Waals surface area (Å²) in [5.74, 6) is -2.56. The van der Waals surface area contributed by atoms with Gasteiger partial charge in [0.2, 0.25) is 9.84 Å². The highest BCUT2D eigenvalue weighted by atomic mass is 32.2. The first-order valence-corrected chi connectivity index (χ1v) is 11.0. The van der Waals surface area contributed by atoms with Crippen LogP contribution in [0.15, 0.2) is 65.7 Å². The van der Waals surface area contributed by atoms with Crippen LogP contribution in [0.25, 0.3) is 11.3 Å². The van der Waals surface area contributed by atoms with Crippen molar-refractivity contribution in [2.45, 2.75) is 29.4 Å². The Bertz CT molecular complexity index is 1080. The molecule has 8 heteroatoms. The molecule has 1 saturated heterocycles. The molecule has 0 spiro atoms. The number of hydrogen-bond donors (Lipinski definition) is 1. The van der Waals surface area contributed by atoms with Gasteiger partial charge in [-0.05, 0) is 30.5 Å². The summed E-state index contributed by atoms with van der Waals surface area (Å²) >= 11 is 0. The number of halogens is 2. The highest BCUT2D eigenvalue weighted by Crippen LogP contribution is 2.34. The van der Waals surface area contributed by atoms with Crippen LogP contribution in [0.1, 0.15) is 24.6 Å². The van der Waals surface area contributed by atoms with Gasteiger partial charge in [0.15, 0.2) is 0 Å². The fourth-order valence-electron chi connectivity index (χ4n) is 3.78. The van der Waals surface area contributed by atoms with Gasteiger partial charge in [0.05, 0.1) is 22.5 Å². The van der Waals surface area contributed by atoms with Crippen molar-refractivity contribution in [3.05, 3.63) is 66.6 Å². The van der Waals surface area contributed by atoms with E-state index < -0.39 is 15.6 Å². The number of hydrogen-bond acceptors (Lipinski definition) is 4. The summed E-state index contributed by atoms with van der Waals surface area (Å²) in [5.41, 5.74) is 2.28. The highest BCUT2D eigenvalue weighted by Gasteiger charge is 2.32. The minimum Gasteiger partial charge on any atom is -0.370 e. The van der Waals surface area contributed by atoms with E-state index in [1.165, 1.54) is 12.1 Å². The third-order valence-corrected chi connectivity index (χ3v) is 6.66. The molecule has 1 aromatic heterocycles. The number of aromatic amines is 1. The fraction of sp³-hybridized carbons (Fsp3) is 0.286. The second kappa shape index (κ2) is 7.94. The van der Waals surface area contributed by atoms with E-state index in [0.29, 0.717) is 18.8 Å². The van der Waals surface area contributed by atoms with E-state index in [1.807, 2.05) is 35.2 Å². The van der Waals surface area contributed by atoms with Gasteiger partial charge in [0.1, 0.15) is 5.82 Å². The number of anilines is 1. The summed E-state index contributed by atoms with van der Waals surface area (Å²) in [6.07, 6.45) is 3.50. The predicted octanol–water partition coefficient (Wildman–Crippen LogP) is 4.46. The Morgan fingerprint density at radius 1 is 1.07 bits per heavy atom. The van der Waals surface area contributed by atoms with Crippen LogP contribution in [0.4, 0.5) is 14.5 Å². The first kappa shape index (κ1) is 19.6. The topological polar surface area (TPSA) is 66.1 Å². The van der Waals surface area contributed by atoms with Gasteiger partial charge in [-0.3, -0.25) is 0 Å². The zero-order chi connectivity index (χ0) is 20.4. The molecule has 0 aliphatic carbocycles. The molecule has 1 atom stereocenters. The lowest BCUT2D eigenvalue weighted by Crippen LogP contribution is -2.35. The largest absolute Gasteiger partial charge is 0.370 e. The Morgan fingerprint density at radius 3 is 2.55 bits per heavy atom. The maximum atomic E-state index is 13.1. The molecule has 1 fully saturated rings. The van der Waals surface area contributed by atoms with Crippen LogP contribution in [0, 0.1) is 0 Å². The number of benzene rings is 2. The van der Waals surface area contributed by atoms with Crippen LogP contribution in [-0.4, -0.2) is 37.2 Å². The lowest BCUT2D eigenvalue weighted by atomic mass is 9.97. The number of rotatable bonds is 5. The van der Waals surface area contributed by atoms with Gasteiger partial charge in [0, 0.05) is 19.0 Å². The Hall–Kier alpha value is -2.74. The molecular weight excluding hydrogens is 396 g/mol. The Morgan fingerprint density at radius 2 is 1.79 bits per heavy atom. The molecule has 1 aliphatic rings. The van der Waals surface area contributed by atoms with Crippen molar-refractivity contribution in [1.82, 2.24) is 9.97 Å². The SMILES string of the molecule is O=S(=O)(c1ccccc1N1CCCC(c2ncc(-c3ccccc3)[nH]2)C1)C(F)F. The summed E-state index contributed by atoms with van der Waals surface area (Å²) in [6, 6.07) is 15.8. The number of nitrogens with one attached hydrogen (secondary N) is 1. The van der Waals surface area contributed by atoms with Crippen LogP contribution in [0.3, 0.4) is 0 Å². The molecule has 152 valence electrons. The summed E-state index contributed by atoms with van der Waals surface area (Å²) in [6.45, 7) is 1.12. The van der Waals surface area contributed by atoms with Crippen molar-refractivity contribution in [2.24, 2.45) is 0 Å². The number of piperidine rings is 1. The number of nitrogens with zero attached hydrogens (tertiary/aromatic N) is 2. The molecule has 2 heterocycles. The minimum atomic E-state index is -4.67. The average Bonchev–Trinajstić information content (AvgIpc) is 3.25. The van der Waals surface area contributed by atoms with E-state index in [2.05, 4.69) is 9.97 Å². The molecule has 2 aromatic carbocycles. The number of alkyl halides is 2. The van der Waals surface area contributed by atoms with Gasteiger partial charge in [-0.25, -0.2) is 13.4 Å². The van der Waals surface area contributed by atoms with Crippen LogP contribution in [-0.2, 0) is 9.84 Å². The van der Waals surface area contributed by atoms with Crippen LogP contribution in [0.5, 0.6) is 0 Å². The Balaban J connectivity index is 1.60. The minimum absolute atomic E-state index is 0.0588. The Labute approximate surface area is 168 Å². The van der Waals surface area contributed by atoms with Crippen molar-refractivity contribution in [3.8, 4) is 11.3 Å². The molecule has 0 saturated carbocycles. The molecular formula is C21H21F2N3O2S. The van der Waals surface area contributed by atoms with E-state index in [-0.39, 0.29) is 10.8 Å². The van der Waals surface area contributed by atoms with Gasteiger partial charge >= 0.3 is 5.76 Å². The van der Waals surface area contributed by atoms with E-state index in [9.17, 15) is 17.2 Å². The quantitative estimate of drug-likeness (QED) is 0.666. The normalized spacial score (nSPS) is 17.6. The van der Waals surface area contributed by atoms with E-state index in [1.54, 1.807) is 18.3 Å². The third kappa shape index (κ3) is 3.89. The fourth-order valence-corrected chi connectivity index (χ4v) is 4.73. The molecule has 29 heavy (non-hydrogen) atoms. The monoisotopic (exact) mass is 417 g/mol. The van der Waals surface area contributed by atoms with Gasteiger partial charge in [0.25, 0.3) is 0 Å². The summed E-state index contributed by atoms with van der Waals surface area (Å²) in [7, 11) is -4.67. The smallest absolute Gasteiger partial charge is 0.341 e. The lowest BCUT2D eigenvalue weighted by molar-refractivity contribution is 0.234. The predicted molar refractivity (Wildman–Crippen MR) is 108 cm³/mol. The number of H-pyrrole nitrogens is 1. The average molecular weight is 417 g/mol. The van der Waals surface area contributed by atoms with Crippen molar-refractivity contribution in [3.63, 3.8) is 0 Å². The van der Waals surface area contributed by atoms with Gasteiger partial charge < -0.3 is 9.88 Å². The van der Waals surface area contributed by atoms with Crippen molar-refractivity contribution in [1.29, 1.82) is 0 Å². The molecule has 3 aromatic rings. The zero-order valence-corrected chi connectivity index (χ0v) is 16.4. The second-order valence-electron chi connectivity index (χ2n) is 7.11. The van der Waals surface area contributed by atoms with Gasteiger partial charge in [-0.15, -0.1) is 0 Å². The maximum absolute atomic E-state index is 13.1. The molecule has 4 rings (SSSR count). The molecule has 5 nitrogen and oxygen atoms in total. The molecule has 0 amide bonds. The summed E-state index contributed by atoms with van der Waals surface area (Å²) in [4.78, 5) is 9.43. The van der Waals surface area contributed by atoms with Crippen LogP contribution >= 0.6 is 0 Å². The standard InChI is InChI=1S/C21H21F2N3O2S/c22-21(23)29(27,28)19-11-5-4-10-18(19)26-12-6-9-16(14-26)20-24-13-17(25-20)15-7-2-1-3-8-15/h1-5,7-8,10-11,13,16,21H,6,9,12,14H2,(H,24,25). The number of aromatic nitrogens is 2. The number of para-hydroxylation sites is 1. The third-order valence-electron chi connectivity index (χ3n) is 5.24. The Kier molecular flexibility index (Phi) is 5.36. The molecule has 0 radical (unpaired) electrons. The highest BCUT2D eigenvalue weighted by molar-refractivity contribution is 7.91. The lowest BCUT2D eigenvalue weighted by Gasteiger charge is -2.34. The van der Waals surface area contributed by atoms with E-state index in [0.717, 1.165) is 29.9 Å². The van der Waals surface area contributed by atoms with E-state index in [4.69, 9.17) is 0 Å². The first-order chi connectivity index (χ1) is 14.0. The molecule has 1 aliphatic heterocycles. The van der Waals surface area contributed by atoms with Gasteiger partial charge in [-0.1, -0.05) is 42.5 Å². The second-order valence-corrected chi connectivity index (χ2v) is 8.99. The van der Waals surface area contributed by atoms with Gasteiger partial charge in [-0.2, -0.15) is 8.78 Å². The van der Waals surface area contributed by atoms with Crippen LogP contribution < -0.4 is 4.90 Å². The molecule has 1 unspecified atom stereocenters. The maximum Gasteiger partial charge on any atom is 0.341 e. The summed E-state index contributed by atoms with van der Waals surface area (Å²) in [5, 5.41) is 0. The molecule has 1 N–H and O–H groups in total. The van der Waals surface area contributed by atoms with Crippen LogP contribution in [0.2, 0.25) is 0 Å². The van der Waals surface area contributed by atoms with E-state index >= 15 is 0 Å². The zero-order valence-electron chi connectivity index (χ0n) is 15.6. The number of imidazole rings is 1. The number of sulfone groups is 1. The van der Waals surface area contributed by atoms with Crippen molar-refractivity contribution >= 4 is 15.5 Å². The first-order valence-electron chi connectivity index (χ1n) is 9.43.